The molecule has 1 rings (SSSR count). The SMILES string of the molecule is CC.CCCCCCCC/C=C\CCCCCCCCNC(=O)C(CCCCCCCCCCCCCCC)NCCN1CCCC1. The highest BCUT2D eigenvalue weighted by Gasteiger charge is 2.18. The molecule has 0 spiro atoms. The zero-order chi connectivity index (χ0) is 34.3. The molecule has 0 bridgehead atoms. The predicted octanol–water partition coefficient (Wildman–Crippen LogP) is 12.7. The Hall–Kier alpha value is -0.870. The molecule has 4 heteroatoms. The Morgan fingerprint density at radius 2 is 0.957 bits per heavy atom. The van der Waals surface area contributed by atoms with E-state index < -0.39 is 0 Å². The maximum Gasteiger partial charge on any atom is 0.237 e. The Balaban J connectivity index is 0.0000104. The van der Waals surface area contributed by atoms with Gasteiger partial charge in [0.1, 0.15) is 0 Å². The first kappa shape index (κ1) is 46.1. The minimum atomic E-state index is -0.0191. The number of hydrogen-bond donors (Lipinski definition) is 2. The number of amides is 1. The Labute approximate surface area is 296 Å². The van der Waals surface area contributed by atoms with Crippen LogP contribution in [-0.2, 0) is 4.79 Å². The largest absolute Gasteiger partial charge is 0.355 e. The third kappa shape index (κ3) is 33.4. The maximum atomic E-state index is 13.1. The molecule has 0 saturated carbocycles. The zero-order valence-corrected chi connectivity index (χ0v) is 32.8. The fraction of sp³-hybridized carbons (Fsp3) is 0.930. The maximum absolute atomic E-state index is 13.1. The molecule has 0 aromatic rings. The van der Waals surface area contributed by atoms with Crippen molar-refractivity contribution in [1.82, 2.24) is 15.5 Å². The van der Waals surface area contributed by atoms with Gasteiger partial charge in [-0.3, -0.25) is 4.79 Å². The number of allylic oxidation sites excluding steroid dienone is 2. The smallest absolute Gasteiger partial charge is 0.237 e. The molecule has 0 radical (unpaired) electrons. The average molecular weight is 662 g/mol. The number of carbonyl (C=O) groups excluding carboxylic acids is 1. The fourth-order valence-electron chi connectivity index (χ4n) is 6.80. The summed E-state index contributed by atoms with van der Waals surface area (Å²) < 4.78 is 0. The normalized spacial score (nSPS) is 14.0. The van der Waals surface area contributed by atoms with E-state index in [2.05, 4.69) is 41.5 Å². The molecule has 1 heterocycles. The lowest BCUT2D eigenvalue weighted by molar-refractivity contribution is -0.123. The zero-order valence-electron chi connectivity index (χ0n) is 32.8. The number of carbonyl (C=O) groups is 1. The van der Waals surface area contributed by atoms with Crippen LogP contribution < -0.4 is 10.6 Å². The van der Waals surface area contributed by atoms with Gasteiger partial charge in [0, 0.05) is 19.6 Å². The number of nitrogens with zero attached hydrogens (tertiary/aromatic N) is 1. The van der Waals surface area contributed by atoms with Crippen LogP contribution in [0.15, 0.2) is 12.2 Å². The van der Waals surface area contributed by atoms with Gasteiger partial charge in [-0.25, -0.2) is 0 Å². The Bertz CT molecular complexity index is 631. The Morgan fingerprint density at radius 1 is 0.553 bits per heavy atom. The first-order valence-electron chi connectivity index (χ1n) is 21.7. The minimum Gasteiger partial charge on any atom is -0.355 e. The van der Waals surface area contributed by atoms with Crippen molar-refractivity contribution in [3.8, 4) is 0 Å². The van der Waals surface area contributed by atoms with Gasteiger partial charge in [0.25, 0.3) is 0 Å². The summed E-state index contributed by atoms with van der Waals surface area (Å²) in [6.45, 7) is 13.9. The number of nitrogens with one attached hydrogen (secondary N) is 2. The standard InChI is InChI=1S/C41H81N3O.C2H6/c1-3-5-7-9-11-13-15-17-18-19-21-23-25-27-29-31-35-43-41(45)40(42-36-39-44-37-32-33-38-44)34-30-28-26-24-22-20-16-14-12-10-8-6-4-2;1-2/h17-18,40,42H,3-16,19-39H2,1-2H3,(H,43,45);1-2H3/b18-17-;. The fourth-order valence-corrected chi connectivity index (χ4v) is 6.80. The summed E-state index contributed by atoms with van der Waals surface area (Å²) in [5.74, 6) is 0.239. The topological polar surface area (TPSA) is 44.4 Å². The molecular formula is C43H87N3O. The molecule has 1 aliphatic rings. The van der Waals surface area contributed by atoms with Crippen LogP contribution >= 0.6 is 0 Å². The summed E-state index contributed by atoms with van der Waals surface area (Å²) in [6.07, 6.45) is 44.8. The summed E-state index contributed by atoms with van der Waals surface area (Å²) in [6, 6.07) is -0.0191. The Kier molecular flexibility index (Phi) is 38.8. The quantitative estimate of drug-likeness (QED) is 0.0525. The van der Waals surface area contributed by atoms with Gasteiger partial charge in [0.05, 0.1) is 6.04 Å². The van der Waals surface area contributed by atoms with Crippen LogP contribution in [0.5, 0.6) is 0 Å². The van der Waals surface area contributed by atoms with E-state index in [4.69, 9.17) is 0 Å². The van der Waals surface area contributed by atoms with Crippen LogP contribution in [-0.4, -0.2) is 49.6 Å². The van der Waals surface area contributed by atoms with E-state index in [0.717, 1.165) is 32.5 Å². The van der Waals surface area contributed by atoms with Crippen molar-refractivity contribution in [1.29, 1.82) is 0 Å². The number of unbranched alkanes of at least 4 members (excludes halogenated alkanes) is 24. The van der Waals surface area contributed by atoms with Crippen LogP contribution in [0.4, 0.5) is 0 Å². The molecule has 280 valence electrons. The van der Waals surface area contributed by atoms with Gasteiger partial charge in [-0.2, -0.15) is 0 Å². The number of hydrogen-bond acceptors (Lipinski definition) is 3. The molecule has 0 aliphatic carbocycles. The average Bonchev–Trinajstić information content (AvgIpc) is 3.62. The molecule has 1 fully saturated rings. The monoisotopic (exact) mass is 662 g/mol. The lowest BCUT2D eigenvalue weighted by Gasteiger charge is -2.21. The summed E-state index contributed by atoms with van der Waals surface area (Å²) in [4.78, 5) is 15.6. The lowest BCUT2D eigenvalue weighted by Crippen LogP contribution is -2.46. The molecule has 0 aromatic carbocycles. The number of rotatable bonds is 35. The molecule has 47 heavy (non-hydrogen) atoms. The van der Waals surface area contributed by atoms with E-state index in [-0.39, 0.29) is 11.9 Å². The van der Waals surface area contributed by atoms with Crippen LogP contribution in [0.25, 0.3) is 0 Å². The van der Waals surface area contributed by atoms with Gasteiger partial charge in [0.2, 0.25) is 5.91 Å². The predicted molar refractivity (Wildman–Crippen MR) is 212 cm³/mol. The molecule has 1 amide bonds. The highest BCUT2D eigenvalue weighted by atomic mass is 16.2. The summed E-state index contributed by atoms with van der Waals surface area (Å²) in [5.41, 5.74) is 0. The second-order valence-electron chi connectivity index (χ2n) is 14.3. The van der Waals surface area contributed by atoms with E-state index in [0.29, 0.717) is 0 Å². The molecule has 1 unspecified atom stereocenters. The highest BCUT2D eigenvalue weighted by Crippen LogP contribution is 2.14. The van der Waals surface area contributed by atoms with E-state index >= 15 is 0 Å². The molecule has 1 atom stereocenters. The van der Waals surface area contributed by atoms with Gasteiger partial charge >= 0.3 is 0 Å². The molecule has 1 aliphatic heterocycles. The second kappa shape index (κ2) is 39.6. The van der Waals surface area contributed by atoms with Gasteiger partial charge in [0.15, 0.2) is 0 Å². The van der Waals surface area contributed by atoms with Gasteiger partial charge < -0.3 is 15.5 Å². The van der Waals surface area contributed by atoms with E-state index in [1.54, 1.807) is 0 Å². The molecule has 4 nitrogen and oxygen atoms in total. The van der Waals surface area contributed by atoms with Crippen molar-refractivity contribution in [2.24, 2.45) is 0 Å². The Morgan fingerprint density at radius 3 is 1.43 bits per heavy atom. The highest BCUT2D eigenvalue weighted by molar-refractivity contribution is 5.81. The first-order chi connectivity index (χ1) is 23.3. The summed E-state index contributed by atoms with van der Waals surface area (Å²) in [5, 5.41) is 6.92. The van der Waals surface area contributed by atoms with E-state index in [9.17, 15) is 4.79 Å². The van der Waals surface area contributed by atoms with Gasteiger partial charge in [-0.05, 0) is 64.5 Å². The van der Waals surface area contributed by atoms with Crippen molar-refractivity contribution in [2.45, 2.75) is 226 Å². The molecule has 2 N–H and O–H groups in total. The second-order valence-corrected chi connectivity index (χ2v) is 14.3. The summed E-state index contributed by atoms with van der Waals surface area (Å²) >= 11 is 0. The van der Waals surface area contributed by atoms with Crippen LogP contribution in [0, 0.1) is 0 Å². The van der Waals surface area contributed by atoms with Crippen LogP contribution in [0.3, 0.4) is 0 Å². The van der Waals surface area contributed by atoms with Crippen LogP contribution in [0.2, 0.25) is 0 Å². The lowest BCUT2D eigenvalue weighted by atomic mass is 10.0. The summed E-state index contributed by atoms with van der Waals surface area (Å²) in [7, 11) is 0. The molecule has 1 saturated heterocycles. The van der Waals surface area contributed by atoms with Crippen molar-refractivity contribution in [3.05, 3.63) is 12.2 Å². The van der Waals surface area contributed by atoms with Crippen molar-refractivity contribution in [2.75, 3.05) is 32.7 Å². The molecule has 0 aromatic heterocycles. The van der Waals surface area contributed by atoms with Gasteiger partial charge in [-0.15, -0.1) is 0 Å². The van der Waals surface area contributed by atoms with Crippen molar-refractivity contribution in [3.63, 3.8) is 0 Å². The third-order valence-electron chi connectivity index (χ3n) is 9.92. The van der Waals surface area contributed by atoms with Crippen LogP contribution in [0.1, 0.15) is 220 Å². The number of likely N-dealkylation sites (tertiary alicyclic amines) is 1. The minimum absolute atomic E-state index is 0.0191. The molecular weight excluding hydrogens is 574 g/mol. The van der Waals surface area contributed by atoms with E-state index in [1.807, 2.05) is 13.8 Å². The first-order valence-corrected chi connectivity index (χ1v) is 21.7. The van der Waals surface area contributed by atoms with Crippen molar-refractivity contribution < 1.29 is 4.79 Å². The van der Waals surface area contributed by atoms with Crippen molar-refractivity contribution >= 4 is 5.91 Å². The van der Waals surface area contributed by atoms with E-state index in [1.165, 1.54) is 193 Å². The van der Waals surface area contributed by atoms with Gasteiger partial charge in [-0.1, -0.05) is 181 Å². The third-order valence-corrected chi connectivity index (χ3v) is 9.92.